The number of halogens is 1. The van der Waals surface area contributed by atoms with Crippen molar-refractivity contribution in [3.63, 3.8) is 0 Å². The highest BCUT2D eigenvalue weighted by Crippen LogP contribution is 2.22. The van der Waals surface area contributed by atoms with E-state index < -0.39 is 0 Å². The summed E-state index contributed by atoms with van der Waals surface area (Å²) in [6, 6.07) is 5.29. The van der Waals surface area contributed by atoms with Crippen LogP contribution in [0.25, 0.3) is 0 Å². The van der Waals surface area contributed by atoms with E-state index in [1.807, 2.05) is 30.9 Å². The molecule has 0 aliphatic rings. The quantitative estimate of drug-likeness (QED) is 0.888. The molecule has 1 aromatic carbocycles. The van der Waals surface area contributed by atoms with Gasteiger partial charge in [-0.15, -0.1) is 0 Å². The Kier molecular flexibility index (Phi) is 4.96. The molecule has 1 aromatic heterocycles. The fourth-order valence-electron chi connectivity index (χ4n) is 2.23. The van der Waals surface area contributed by atoms with E-state index in [0.717, 1.165) is 17.1 Å². The summed E-state index contributed by atoms with van der Waals surface area (Å²) < 4.78 is 15.5. The standard InChI is InChI=1S/C16H23FN4/c1-12(2)19-10-13-9-14(17)5-6-15(13)21(4)11-16-18-7-8-20(16)3/h5-9,12,19H,10-11H2,1-4H3. The number of hydrogen-bond donors (Lipinski definition) is 1. The van der Waals surface area contributed by atoms with Crippen LogP contribution in [0.4, 0.5) is 10.1 Å². The van der Waals surface area contributed by atoms with Crippen LogP contribution in [-0.4, -0.2) is 22.6 Å². The maximum absolute atomic E-state index is 13.5. The van der Waals surface area contributed by atoms with Crippen molar-refractivity contribution < 1.29 is 4.39 Å². The van der Waals surface area contributed by atoms with Crippen LogP contribution in [0, 0.1) is 5.82 Å². The van der Waals surface area contributed by atoms with Crippen LogP contribution in [0.5, 0.6) is 0 Å². The lowest BCUT2D eigenvalue weighted by molar-refractivity contribution is 0.580. The minimum Gasteiger partial charge on any atom is -0.367 e. The average molecular weight is 290 g/mol. The number of benzene rings is 1. The second-order valence-corrected chi connectivity index (χ2v) is 5.62. The van der Waals surface area contributed by atoms with Gasteiger partial charge in [-0.3, -0.25) is 0 Å². The van der Waals surface area contributed by atoms with Crippen molar-refractivity contribution in [1.82, 2.24) is 14.9 Å². The first-order valence-corrected chi connectivity index (χ1v) is 7.16. The van der Waals surface area contributed by atoms with Crippen molar-refractivity contribution in [2.24, 2.45) is 7.05 Å². The molecule has 0 amide bonds. The first-order valence-electron chi connectivity index (χ1n) is 7.16. The number of hydrogen-bond acceptors (Lipinski definition) is 3. The molecule has 0 bridgehead atoms. The molecule has 0 saturated heterocycles. The molecular formula is C16H23FN4. The predicted molar refractivity (Wildman–Crippen MR) is 83.7 cm³/mol. The SMILES string of the molecule is CC(C)NCc1cc(F)ccc1N(C)Cc1nccn1C. The maximum atomic E-state index is 13.5. The van der Waals surface area contributed by atoms with Gasteiger partial charge >= 0.3 is 0 Å². The summed E-state index contributed by atoms with van der Waals surface area (Å²) in [5, 5.41) is 3.34. The molecule has 0 spiro atoms. The Labute approximate surface area is 125 Å². The van der Waals surface area contributed by atoms with Crippen LogP contribution >= 0.6 is 0 Å². The Morgan fingerprint density at radius 1 is 1.38 bits per heavy atom. The van der Waals surface area contributed by atoms with Crippen molar-refractivity contribution in [3.8, 4) is 0 Å². The monoisotopic (exact) mass is 290 g/mol. The summed E-state index contributed by atoms with van der Waals surface area (Å²) in [6.07, 6.45) is 3.71. The van der Waals surface area contributed by atoms with E-state index in [1.54, 1.807) is 12.3 Å². The minimum absolute atomic E-state index is 0.204. The highest BCUT2D eigenvalue weighted by Gasteiger charge is 2.11. The molecule has 2 rings (SSSR count). The van der Waals surface area contributed by atoms with Crippen LogP contribution in [0.15, 0.2) is 30.6 Å². The Hall–Kier alpha value is -1.88. The van der Waals surface area contributed by atoms with Crippen molar-refractivity contribution in [2.75, 3.05) is 11.9 Å². The van der Waals surface area contributed by atoms with Gasteiger partial charge in [0.2, 0.25) is 0 Å². The normalized spacial score (nSPS) is 11.1. The van der Waals surface area contributed by atoms with E-state index in [9.17, 15) is 4.39 Å². The molecule has 21 heavy (non-hydrogen) atoms. The number of anilines is 1. The third-order valence-electron chi connectivity index (χ3n) is 3.45. The first-order chi connectivity index (χ1) is 9.97. The molecule has 0 atom stereocenters. The topological polar surface area (TPSA) is 33.1 Å². The Morgan fingerprint density at radius 2 is 2.14 bits per heavy atom. The van der Waals surface area contributed by atoms with Gasteiger partial charge in [0.05, 0.1) is 6.54 Å². The van der Waals surface area contributed by atoms with Gasteiger partial charge in [0.15, 0.2) is 0 Å². The zero-order valence-electron chi connectivity index (χ0n) is 13.1. The maximum Gasteiger partial charge on any atom is 0.127 e. The van der Waals surface area contributed by atoms with Gasteiger partial charge in [-0.2, -0.15) is 0 Å². The predicted octanol–water partition coefficient (Wildman–Crippen LogP) is 2.69. The van der Waals surface area contributed by atoms with Gasteiger partial charge in [-0.1, -0.05) is 13.8 Å². The molecule has 2 aromatic rings. The molecule has 0 unspecified atom stereocenters. The third kappa shape index (κ3) is 4.04. The van der Waals surface area contributed by atoms with Crippen LogP contribution in [0.3, 0.4) is 0 Å². The lowest BCUT2D eigenvalue weighted by Crippen LogP contribution is -2.25. The second kappa shape index (κ2) is 6.72. The highest BCUT2D eigenvalue weighted by atomic mass is 19.1. The van der Waals surface area contributed by atoms with Crippen molar-refractivity contribution >= 4 is 5.69 Å². The molecule has 5 heteroatoms. The fourth-order valence-corrected chi connectivity index (χ4v) is 2.23. The van der Waals surface area contributed by atoms with Gasteiger partial charge < -0.3 is 14.8 Å². The molecule has 4 nitrogen and oxygen atoms in total. The van der Waals surface area contributed by atoms with Gasteiger partial charge in [-0.25, -0.2) is 9.37 Å². The Morgan fingerprint density at radius 3 is 2.76 bits per heavy atom. The van der Waals surface area contributed by atoms with Gasteiger partial charge in [0, 0.05) is 44.8 Å². The smallest absolute Gasteiger partial charge is 0.127 e. The van der Waals surface area contributed by atoms with Gasteiger partial charge in [-0.05, 0) is 23.8 Å². The summed E-state index contributed by atoms with van der Waals surface area (Å²) in [6.45, 7) is 5.49. The zero-order valence-corrected chi connectivity index (χ0v) is 13.1. The molecule has 0 fully saturated rings. The van der Waals surface area contributed by atoms with E-state index in [4.69, 9.17) is 0 Å². The Bertz CT molecular complexity index is 592. The minimum atomic E-state index is -0.204. The van der Waals surface area contributed by atoms with E-state index in [-0.39, 0.29) is 5.82 Å². The molecular weight excluding hydrogens is 267 g/mol. The van der Waals surface area contributed by atoms with Crippen molar-refractivity contribution in [2.45, 2.75) is 33.0 Å². The highest BCUT2D eigenvalue weighted by molar-refractivity contribution is 5.53. The van der Waals surface area contributed by atoms with Crippen molar-refractivity contribution in [3.05, 3.63) is 47.8 Å². The molecule has 1 N–H and O–H groups in total. The summed E-state index contributed by atoms with van der Waals surface area (Å²) >= 11 is 0. The fraction of sp³-hybridized carbons (Fsp3) is 0.438. The first kappa shape index (κ1) is 15.5. The summed E-state index contributed by atoms with van der Waals surface area (Å²) in [4.78, 5) is 6.43. The third-order valence-corrected chi connectivity index (χ3v) is 3.45. The average Bonchev–Trinajstić information content (AvgIpc) is 2.82. The van der Waals surface area contributed by atoms with Gasteiger partial charge in [0.25, 0.3) is 0 Å². The van der Waals surface area contributed by atoms with E-state index >= 15 is 0 Å². The number of rotatable bonds is 6. The lowest BCUT2D eigenvalue weighted by Gasteiger charge is -2.23. The van der Waals surface area contributed by atoms with Crippen LogP contribution in [0.2, 0.25) is 0 Å². The molecule has 1 heterocycles. The van der Waals surface area contributed by atoms with E-state index in [0.29, 0.717) is 19.1 Å². The molecule has 114 valence electrons. The number of nitrogens with zero attached hydrogens (tertiary/aromatic N) is 3. The second-order valence-electron chi connectivity index (χ2n) is 5.62. The lowest BCUT2D eigenvalue weighted by atomic mass is 10.1. The van der Waals surface area contributed by atoms with E-state index in [2.05, 4.69) is 29.0 Å². The largest absolute Gasteiger partial charge is 0.367 e. The molecule has 0 aliphatic carbocycles. The van der Waals surface area contributed by atoms with E-state index in [1.165, 1.54) is 6.07 Å². The van der Waals surface area contributed by atoms with Crippen LogP contribution in [-0.2, 0) is 20.1 Å². The van der Waals surface area contributed by atoms with Gasteiger partial charge in [0.1, 0.15) is 11.6 Å². The zero-order chi connectivity index (χ0) is 15.4. The van der Waals surface area contributed by atoms with Crippen LogP contribution in [0.1, 0.15) is 25.2 Å². The Balaban J connectivity index is 2.19. The molecule has 0 aliphatic heterocycles. The number of imidazole rings is 1. The summed E-state index contributed by atoms with van der Waals surface area (Å²) in [7, 11) is 3.98. The number of aryl methyl sites for hydroxylation is 1. The summed E-state index contributed by atoms with van der Waals surface area (Å²) in [5.74, 6) is 0.772. The summed E-state index contributed by atoms with van der Waals surface area (Å²) in [5.41, 5.74) is 1.98. The van der Waals surface area contributed by atoms with Crippen molar-refractivity contribution in [1.29, 1.82) is 0 Å². The van der Waals surface area contributed by atoms with Crippen LogP contribution < -0.4 is 10.2 Å². The number of aromatic nitrogens is 2. The number of nitrogens with one attached hydrogen (secondary N) is 1. The molecule has 0 radical (unpaired) electrons. The molecule has 0 saturated carbocycles.